The number of aryl methyl sites for hydroxylation is 1. The van der Waals surface area contributed by atoms with Crippen LogP contribution in [0.2, 0.25) is 0 Å². The van der Waals surface area contributed by atoms with Crippen molar-refractivity contribution in [3.8, 4) is 0 Å². The lowest BCUT2D eigenvalue weighted by atomic mass is 10.2. The summed E-state index contributed by atoms with van der Waals surface area (Å²) >= 11 is 0. The van der Waals surface area contributed by atoms with Crippen LogP contribution in [0.3, 0.4) is 0 Å². The molecule has 7 nitrogen and oxygen atoms in total. The summed E-state index contributed by atoms with van der Waals surface area (Å²) in [6.07, 6.45) is 0. The van der Waals surface area contributed by atoms with Crippen molar-refractivity contribution < 1.29 is 8.78 Å². The van der Waals surface area contributed by atoms with Gasteiger partial charge in [-0.3, -0.25) is 5.43 Å². The summed E-state index contributed by atoms with van der Waals surface area (Å²) in [6, 6.07) is 2.13. The second-order valence-electron chi connectivity index (χ2n) is 4.53. The summed E-state index contributed by atoms with van der Waals surface area (Å²) in [5.74, 6) is 4.59. The molecule has 21 heavy (non-hydrogen) atoms. The highest BCUT2D eigenvalue weighted by atomic mass is 19.1. The molecule has 1 aromatic carbocycles. The molecule has 0 aliphatic rings. The van der Waals surface area contributed by atoms with Gasteiger partial charge in [-0.25, -0.2) is 14.6 Å². The molecule has 0 spiro atoms. The van der Waals surface area contributed by atoms with Crippen LogP contribution in [0.1, 0.15) is 5.56 Å². The predicted octanol–water partition coefficient (Wildman–Crippen LogP) is 1.55. The predicted molar refractivity (Wildman–Crippen MR) is 76.3 cm³/mol. The Morgan fingerprint density at radius 3 is 2.33 bits per heavy atom. The Balaban J connectivity index is 2.39. The molecule has 9 heteroatoms. The van der Waals surface area contributed by atoms with Crippen molar-refractivity contribution in [3.63, 3.8) is 0 Å². The largest absolute Gasteiger partial charge is 0.347 e. The van der Waals surface area contributed by atoms with Crippen LogP contribution in [0, 0.1) is 18.6 Å². The van der Waals surface area contributed by atoms with Gasteiger partial charge in [0.15, 0.2) is 0 Å². The van der Waals surface area contributed by atoms with E-state index in [1.165, 1.54) is 6.92 Å². The molecular weight excluding hydrogens is 280 g/mol. The number of anilines is 4. The van der Waals surface area contributed by atoms with Crippen LogP contribution in [-0.2, 0) is 0 Å². The van der Waals surface area contributed by atoms with Crippen molar-refractivity contribution in [3.05, 3.63) is 29.3 Å². The molecule has 2 aromatic rings. The number of hydrazine groups is 1. The first-order chi connectivity index (χ1) is 9.90. The van der Waals surface area contributed by atoms with E-state index < -0.39 is 11.6 Å². The van der Waals surface area contributed by atoms with Crippen molar-refractivity contribution in [2.45, 2.75) is 6.92 Å². The minimum atomic E-state index is -0.608. The smallest absolute Gasteiger partial charge is 0.243 e. The molecule has 0 unspecified atom stereocenters. The van der Waals surface area contributed by atoms with E-state index >= 15 is 0 Å². The highest BCUT2D eigenvalue weighted by Gasteiger charge is 2.12. The summed E-state index contributed by atoms with van der Waals surface area (Å²) in [4.78, 5) is 13.6. The Bertz CT molecular complexity index is 660. The quantitative estimate of drug-likeness (QED) is 0.582. The number of nitrogens with zero attached hydrogens (tertiary/aromatic N) is 4. The fourth-order valence-electron chi connectivity index (χ4n) is 1.55. The summed E-state index contributed by atoms with van der Waals surface area (Å²) in [6.45, 7) is 1.48. The van der Waals surface area contributed by atoms with Gasteiger partial charge in [-0.15, -0.1) is 0 Å². The Morgan fingerprint density at radius 2 is 1.71 bits per heavy atom. The van der Waals surface area contributed by atoms with Gasteiger partial charge < -0.3 is 10.2 Å². The molecule has 112 valence electrons. The molecule has 0 fully saturated rings. The van der Waals surface area contributed by atoms with Gasteiger partial charge in [0.05, 0.1) is 5.69 Å². The third-order valence-corrected chi connectivity index (χ3v) is 2.65. The lowest BCUT2D eigenvalue weighted by Gasteiger charge is -2.13. The molecule has 0 aliphatic heterocycles. The van der Waals surface area contributed by atoms with Crippen LogP contribution in [-0.4, -0.2) is 29.0 Å². The second kappa shape index (κ2) is 5.83. The molecular formula is C12H15F2N7. The molecule has 0 saturated carbocycles. The van der Waals surface area contributed by atoms with E-state index in [0.29, 0.717) is 5.95 Å². The van der Waals surface area contributed by atoms with E-state index in [9.17, 15) is 8.78 Å². The fourth-order valence-corrected chi connectivity index (χ4v) is 1.55. The maximum atomic E-state index is 13.8. The van der Waals surface area contributed by atoms with Gasteiger partial charge in [0.2, 0.25) is 17.8 Å². The van der Waals surface area contributed by atoms with Crippen LogP contribution in [0.25, 0.3) is 0 Å². The minimum absolute atomic E-state index is 0.0452. The third-order valence-electron chi connectivity index (χ3n) is 2.65. The zero-order valence-corrected chi connectivity index (χ0v) is 11.8. The number of benzene rings is 1. The number of hydrogen-bond donors (Lipinski definition) is 3. The Kier molecular flexibility index (Phi) is 4.13. The van der Waals surface area contributed by atoms with Gasteiger partial charge in [-0.05, 0) is 18.6 Å². The standard InChI is InChI=1S/C12H15F2N7/c1-6-4-8(14)9(5-7(6)13)16-10-17-11(20-15)19-12(18-10)21(2)3/h4-5H,15H2,1-3H3,(H2,16,17,18,19,20). The highest BCUT2D eigenvalue weighted by molar-refractivity contribution is 5.57. The second-order valence-corrected chi connectivity index (χ2v) is 4.53. The van der Waals surface area contributed by atoms with Gasteiger partial charge in [0.1, 0.15) is 11.6 Å². The number of hydrogen-bond acceptors (Lipinski definition) is 7. The molecule has 4 N–H and O–H groups in total. The Hall–Kier alpha value is -2.55. The number of nitrogens with one attached hydrogen (secondary N) is 2. The molecule has 1 heterocycles. The number of aromatic nitrogens is 3. The normalized spacial score (nSPS) is 10.4. The number of nitrogens with two attached hydrogens (primary N) is 1. The summed E-state index contributed by atoms with van der Waals surface area (Å²) < 4.78 is 27.3. The van der Waals surface area contributed by atoms with Crippen LogP contribution in [0.15, 0.2) is 12.1 Å². The zero-order chi connectivity index (χ0) is 15.6. The summed E-state index contributed by atoms with van der Waals surface area (Å²) in [5.41, 5.74) is 2.43. The third kappa shape index (κ3) is 3.31. The van der Waals surface area contributed by atoms with Crippen LogP contribution in [0.4, 0.5) is 32.3 Å². The van der Waals surface area contributed by atoms with Gasteiger partial charge >= 0.3 is 0 Å². The van der Waals surface area contributed by atoms with Gasteiger partial charge in [0.25, 0.3) is 0 Å². The van der Waals surface area contributed by atoms with Crippen molar-refractivity contribution in [1.82, 2.24) is 15.0 Å². The molecule has 0 saturated heterocycles. The molecule has 1 aromatic heterocycles. The Morgan fingerprint density at radius 1 is 1.05 bits per heavy atom. The minimum Gasteiger partial charge on any atom is -0.347 e. The van der Waals surface area contributed by atoms with Gasteiger partial charge in [-0.2, -0.15) is 15.0 Å². The maximum Gasteiger partial charge on any atom is 0.243 e. The van der Waals surface area contributed by atoms with Crippen molar-refractivity contribution in [1.29, 1.82) is 0 Å². The average molecular weight is 295 g/mol. The number of halogens is 2. The van der Waals surface area contributed by atoms with Crippen LogP contribution in [0.5, 0.6) is 0 Å². The van der Waals surface area contributed by atoms with E-state index in [1.807, 2.05) is 0 Å². The first-order valence-corrected chi connectivity index (χ1v) is 6.03. The average Bonchev–Trinajstić information content (AvgIpc) is 2.44. The monoisotopic (exact) mass is 295 g/mol. The first kappa shape index (κ1) is 14.9. The maximum absolute atomic E-state index is 13.8. The number of rotatable bonds is 4. The zero-order valence-electron chi connectivity index (χ0n) is 11.8. The fraction of sp³-hybridized carbons (Fsp3) is 0.250. The SMILES string of the molecule is Cc1cc(F)c(Nc2nc(NN)nc(N(C)C)n2)cc1F. The lowest BCUT2D eigenvalue weighted by molar-refractivity contribution is 0.595. The molecule has 0 bridgehead atoms. The van der Waals surface area contributed by atoms with Gasteiger partial charge in [0, 0.05) is 20.2 Å². The van der Waals surface area contributed by atoms with Crippen LogP contribution < -0.4 is 21.5 Å². The van der Waals surface area contributed by atoms with Crippen molar-refractivity contribution in [2.75, 3.05) is 29.7 Å². The van der Waals surface area contributed by atoms with Gasteiger partial charge in [-0.1, -0.05) is 0 Å². The molecule has 0 aliphatic carbocycles. The van der Waals surface area contributed by atoms with Crippen molar-refractivity contribution >= 4 is 23.5 Å². The topological polar surface area (TPSA) is 92.0 Å². The molecule has 0 atom stereocenters. The molecule has 0 amide bonds. The van der Waals surface area contributed by atoms with E-state index in [2.05, 4.69) is 25.7 Å². The summed E-state index contributed by atoms with van der Waals surface area (Å²) in [5, 5.41) is 2.61. The van der Waals surface area contributed by atoms with E-state index in [1.54, 1.807) is 19.0 Å². The molecule has 2 rings (SSSR count). The highest BCUT2D eigenvalue weighted by Crippen LogP contribution is 2.22. The number of nitrogen functional groups attached to an aromatic ring is 1. The first-order valence-electron chi connectivity index (χ1n) is 6.03. The summed E-state index contributed by atoms with van der Waals surface area (Å²) in [7, 11) is 3.46. The van der Waals surface area contributed by atoms with E-state index in [0.717, 1.165) is 12.1 Å². The Labute approximate surface area is 120 Å². The van der Waals surface area contributed by atoms with Crippen molar-refractivity contribution in [2.24, 2.45) is 5.84 Å². The van der Waals surface area contributed by atoms with E-state index in [-0.39, 0.29) is 23.1 Å². The lowest BCUT2D eigenvalue weighted by Crippen LogP contribution is -2.18. The molecule has 0 radical (unpaired) electrons. The van der Waals surface area contributed by atoms with E-state index in [4.69, 9.17) is 5.84 Å². The van der Waals surface area contributed by atoms with Crippen LogP contribution >= 0.6 is 0 Å².